The van der Waals surface area contributed by atoms with Gasteiger partial charge in [0.25, 0.3) is 0 Å². The summed E-state index contributed by atoms with van der Waals surface area (Å²) >= 11 is 0. The van der Waals surface area contributed by atoms with E-state index in [2.05, 4.69) is 10.5 Å². The van der Waals surface area contributed by atoms with Crippen LogP contribution in [0.1, 0.15) is 11.3 Å². The van der Waals surface area contributed by atoms with E-state index in [9.17, 15) is 18.0 Å². The Hall–Kier alpha value is -3.29. The molecule has 3 aromatic rings. The average Bonchev–Trinajstić information content (AvgIpc) is 3.09. The molecule has 8 heteroatoms. The fourth-order valence-electron chi connectivity index (χ4n) is 2.40. The second-order valence-corrected chi connectivity index (χ2v) is 5.71. The molecular formula is C19H15F3N2O3. The van der Waals surface area contributed by atoms with Crippen LogP contribution >= 0.6 is 0 Å². The normalized spacial score (nSPS) is 11.3. The van der Waals surface area contributed by atoms with Gasteiger partial charge in [0.1, 0.15) is 5.75 Å². The summed E-state index contributed by atoms with van der Waals surface area (Å²) in [5.74, 6) is 0.786. The second kappa shape index (κ2) is 7.53. The lowest BCUT2D eigenvalue weighted by Crippen LogP contribution is -2.14. The molecule has 0 bridgehead atoms. The summed E-state index contributed by atoms with van der Waals surface area (Å²) in [6, 6.07) is 13.0. The van der Waals surface area contributed by atoms with Crippen LogP contribution in [0, 0.1) is 0 Å². The maximum Gasteiger partial charge on any atom is 0.416 e. The van der Waals surface area contributed by atoms with Crippen molar-refractivity contribution >= 4 is 11.6 Å². The van der Waals surface area contributed by atoms with Crippen molar-refractivity contribution in [3.05, 3.63) is 65.9 Å². The molecular weight excluding hydrogens is 361 g/mol. The van der Waals surface area contributed by atoms with Crippen LogP contribution in [0.3, 0.4) is 0 Å². The average molecular weight is 376 g/mol. The Bertz CT molecular complexity index is 917. The summed E-state index contributed by atoms with van der Waals surface area (Å²) in [6.07, 6.45) is -4.48. The van der Waals surface area contributed by atoms with Crippen molar-refractivity contribution in [3.63, 3.8) is 0 Å². The number of nitrogens with one attached hydrogen (secondary N) is 1. The van der Waals surface area contributed by atoms with Gasteiger partial charge in [0.2, 0.25) is 5.91 Å². The monoisotopic (exact) mass is 376 g/mol. The van der Waals surface area contributed by atoms with Crippen molar-refractivity contribution in [1.29, 1.82) is 0 Å². The number of methoxy groups -OCH3 is 1. The summed E-state index contributed by atoms with van der Waals surface area (Å²) in [7, 11) is 1.57. The van der Waals surface area contributed by atoms with Crippen molar-refractivity contribution in [1.82, 2.24) is 5.16 Å². The van der Waals surface area contributed by atoms with Crippen LogP contribution in [0.5, 0.6) is 5.75 Å². The van der Waals surface area contributed by atoms with Crippen LogP contribution < -0.4 is 10.1 Å². The number of carbonyl (C=O) groups excluding carboxylic acids is 1. The first kappa shape index (κ1) is 18.5. The number of halogens is 3. The third kappa shape index (κ3) is 4.66. The highest BCUT2D eigenvalue weighted by Gasteiger charge is 2.30. The third-order valence-electron chi connectivity index (χ3n) is 3.77. The SMILES string of the molecule is COc1ccc(-c2cc(CC(=O)Nc3ccc(C(F)(F)F)cc3)no2)cc1. The predicted molar refractivity (Wildman–Crippen MR) is 92.3 cm³/mol. The minimum absolute atomic E-state index is 0.0688. The minimum atomic E-state index is -4.42. The van der Waals surface area contributed by atoms with E-state index in [0.29, 0.717) is 17.2 Å². The van der Waals surface area contributed by atoms with E-state index in [1.54, 1.807) is 37.4 Å². The minimum Gasteiger partial charge on any atom is -0.497 e. The molecule has 1 amide bonds. The van der Waals surface area contributed by atoms with Crippen molar-refractivity contribution in [2.24, 2.45) is 0 Å². The summed E-state index contributed by atoms with van der Waals surface area (Å²) in [6.45, 7) is 0. The van der Waals surface area contributed by atoms with Crippen LogP contribution in [0.15, 0.2) is 59.1 Å². The van der Waals surface area contributed by atoms with Crippen LogP contribution in [-0.2, 0) is 17.4 Å². The van der Waals surface area contributed by atoms with Crippen LogP contribution in [0.2, 0.25) is 0 Å². The molecule has 1 heterocycles. The number of nitrogens with zero attached hydrogens (tertiary/aromatic N) is 1. The molecule has 0 atom stereocenters. The summed E-state index contributed by atoms with van der Waals surface area (Å²) in [4.78, 5) is 12.1. The highest BCUT2D eigenvalue weighted by Crippen LogP contribution is 2.30. The van der Waals surface area contributed by atoms with Crippen LogP contribution in [-0.4, -0.2) is 18.2 Å². The van der Waals surface area contributed by atoms with Gasteiger partial charge in [-0.25, -0.2) is 0 Å². The van der Waals surface area contributed by atoms with Gasteiger partial charge in [0.15, 0.2) is 5.76 Å². The zero-order valence-electron chi connectivity index (χ0n) is 14.2. The first-order valence-corrected chi connectivity index (χ1v) is 7.92. The van der Waals surface area contributed by atoms with Crippen molar-refractivity contribution < 1.29 is 27.2 Å². The summed E-state index contributed by atoms with van der Waals surface area (Å²) in [5, 5.41) is 6.38. The Morgan fingerprint density at radius 3 is 2.37 bits per heavy atom. The Morgan fingerprint density at radius 2 is 1.78 bits per heavy atom. The molecule has 0 aliphatic carbocycles. The smallest absolute Gasteiger partial charge is 0.416 e. The number of ether oxygens (including phenoxy) is 1. The molecule has 140 valence electrons. The highest BCUT2D eigenvalue weighted by atomic mass is 19.4. The lowest BCUT2D eigenvalue weighted by Gasteiger charge is -2.08. The van der Waals surface area contributed by atoms with Crippen molar-refractivity contribution in [2.45, 2.75) is 12.6 Å². The topological polar surface area (TPSA) is 64.4 Å². The van der Waals surface area contributed by atoms with Gasteiger partial charge < -0.3 is 14.6 Å². The number of amides is 1. The number of benzene rings is 2. The van der Waals surface area contributed by atoms with E-state index in [1.807, 2.05) is 0 Å². The Kier molecular flexibility index (Phi) is 5.16. The first-order chi connectivity index (χ1) is 12.8. The van der Waals surface area contributed by atoms with E-state index in [4.69, 9.17) is 9.26 Å². The first-order valence-electron chi connectivity index (χ1n) is 7.92. The van der Waals surface area contributed by atoms with Gasteiger partial charge in [-0.05, 0) is 48.5 Å². The van der Waals surface area contributed by atoms with Crippen LogP contribution in [0.4, 0.5) is 18.9 Å². The molecule has 1 aromatic heterocycles. The lowest BCUT2D eigenvalue weighted by molar-refractivity contribution is -0.137. The predicted octanol–water partition coefficient (Wildman–Crippen LogP) is 4.55. The number of rotatable bonds is 5. The van der Waals surface area contributed by atoms with Crippen LogP contribution in [0.25, 0.3) is 11.3 Å². The number of anilines is 1. The number of aromatic nitrogens is 1. The molecule has 0 spiro atoms. The van der Waals surface area contributed by atoms with Gasteiger partial charge in [-0.1, -0.05) is 5.16 Å². The summed E-state index contributed by atoms with van der Waals surface area (Å²) in [5.41, 5.74) is 0.677. The maximum atomic E-state index is 12.5. The largest absolute Gasteiger partial charge is 0.497 e. The second-order valence-electron chi connectivity index (χ2n) is 5.71. The molecule has 0 radical (unpaired) electrons. The molecule has 27 heavy (non-hydrogen) atoms. The fraction of sp³-hybridized carbons (Fsp3) is 0.158. The molecule has 0 saturated carbocycles. The van der Waals surface area contributed by atoms with Gasteiger partial charge in [-0.15, -0.1) is 0 Å². The molecule has 0 aliphatic rings. The molecule has 0 unspecified atom stereocenters. The molecule has 5 nitrogen and oxygen atoms in total. The van der Waals surface area contributed by atoms with Gasteiger partial charge in [-0.2, -0.15) is 13.2 Å². The Morgan fingerprint density at radius 1 is 1.11 bits per heavy atom. The third-order valence-corrected chi connectivity index (χ3v) is 3.77. The van der Waals surface area contributed by atoms with Gasteiger partial charge in [-0.3, -0.25) is 4.79 Å². The lowest BCUT2D eigenvalue weighted by atomic mass is 10.1. The Balaban J connectivity index is 1.62. The van der Waals surface area contributed by atoms with E-state index in [-0.39, 0.29) is 12.1 Å². The zero-order valence-corrected chi connectivity index (χ0v) is 14.2. The van der Waals surface area contributed by atoms with E-state index in [1.165, 1.54) is 12.1 Å². The number of carbonyl (C=O) groups is 1. The van der Waals surface area contributed by atoms with Gasteiger partial charge >= 0.3 is 6.18 Å². The molecule has 3 rings (SSSR count). The standard InChI is InChI=1S/C19H15F3N2O3/c1-26-16-8-2-12(3-9-16)17-10-15(24-27-17)11-18(25)23-14-6-4-13(5-7-14)19(20,21)22/h2-10H,11H2,1H3,(H,23,25). The molecule has 0 saturated heterocycles. The van der Waals surface area contributed by atoms with E-state index >= 15 is 0 Å². The van der Waals surface area contributed by atoms with Crippen molar-refractivity contribution in [3.8, 4) is 17.1 Å². The molecule has 1 N–H and O–H groups in total. The molecule has 0 aliphatic heterocycles. The number of alkyl halides is 3. The number of hydrogen-bond donors (Lipinski definition) is 1. The molecule has 2 aromatic carbocycles. The summed E-state index contributed by atoms with van der Waals surface area (Å²) < 4.78 is 47.9. The van der Waals surface area contributed by atoms with Gasteiger partial charge in [0.05, 0.1) is 24.8 Å². The zero-order chi connectivity index (χ0) is 19.4. The van der Waals surface area contributed by atoms with E-state index < -0.39 is 17.6 Å². The molecule has 0 fully saturated rings. The fourth-order valence-corrected chi connectivity index (χ4v) is 2.40. The Labute approximate surface area is 152 Å². The van der Waals surface area contributed by atoms with Crippen molar-refractivity contribution in [2.75, 3.05) is 12.4 Å². The van der Waals surface area contributed by atoms with Gasteiger partial charge in [0, 0.05) is 17.3 Å². The van der Waals surface area contributed by atoms with E-state index in [0.717, 1.165) is 17.7 Å². The maximum absolute atomic E-state index is 12.5. The number of hydrogen-bond acceptors (Lipinski definition) is 4. The quantitative estimate of drug-likeness (QED) is 0.710. The highest BCUT2D eigenvalue weighted by molar-refractivity contribution is 5.92.